The third-order valence-corrected chi connectivity index (χ3v) is 4.80. The van der Waals surface area contributed by atoms with Gasteiger partial charge in [-0.3, -0.25) is 4.79 Å². The Kier molecular flexibility index (Phi) is 5.86. The molecule has 5 nitrogen and oxygen atoms in total. The van der Waals surface area contributed by atoms with Crippen LogP contribution in [-0.2, 0) is 11.2 Å². The molecule has 2 rings (SSSR count). The van der Waals surface area contributed by atoms with Crippen molar-refractivity contribution < 1.29 is 19.4 Å². The van der Waals surface area contributed by atoms with Gasteiger partial charge in [-0.05, 0) is 48.8 Å². The number of amides is 1. The molecule has 0 aliphatic heterocycles. The van der Waals surface area contributed by atoms with E-state index in [0.29, 0.717) is 18.7 Å². The Hall–Kier alpha value is -2.04. The largest absolute Gasteiger partial charge is 0.496 e. The van der Waals surface area contributed by atoms with Crippen LogP contribution in [0.4, 0.5) is 0 Å². The third kappa shape index (κ3) is 4.73. The normalized spacial score (nSPS) is 19.5. The summed E-state index contributed by atoms with van der Waals surface area (Å²) in [7, 11) is 1.52. The van der Waals surface area contributed by atoms with Crippen LogP contribution in [0.3, 0.4) is 0 Å². The third-order valence-electron chi connectivity index (χ3n) is 4.80. The van der Waals surface area contributed by atoms with E-state index in [1.54, 1.807) is 12.1 Å². The Labute approximate surface area is 143 Å². The van der Waals surface area contributed by atoms with Crippen LogP contribution in [0.2, 0.25) is 0 Å². The van der Waals surface area contributed by atoms with Crippen LogP contribution >= 0.6 is 0 Å². The molecular formula is C19H27NO4. The van der Waals surface area contributed by atoms with Crippen molar-refractivity contribution in [3.05, 3.63) is 29.3 Å². The first kappa shape index (κ1) is 18.3. The number of nitrogens with one attached hydrogen (secondary N) is 1. The summed E-state index contributed by atoms with van der Waals surface area (Å²) in [5.74, 6) is -0.204. The fourth-order valence-electron chi connectivity index (χ4n) is 3.47. The van der Waals surface area contributed by atoms with Crippen LogP contribution in [0.15, 0.2) is 18.2 Å². The topological polar surface area (TPSA) is 75.6 Å². The van der Waals surface area contributed by atoms with Crippen molar-refractivity contribution in [1.82, 2.24) is 5.32 Å². The lowest BCUT2D eigenvalue weighted by molar-refractivity contribution is -0.127. The second-order valence-electron chi connectivity index (χ2n) is 7.33. The number of aromatic carboxylic acids is 1. The molecule has 1 fully saturated rings. The molecule has 2 N–H and O–H groups in total. The molecule has 132 valence electrons. The lowest BCUT2D eigenvalue weighted by atomic mass is 9.72. The van der Waals surface area contributed by atoms with E-state index in [4.69, 9.17) is 9.84 Å². The van der Waals surface area contributed by atoms with E-state index in [1.807, 2.05) is 0 Å². The van der Waals surface area contributed by atoms with Crippen LogP contribution in [0.1, 0.15) is 55.5 Å². The summed E-state index contributed by atoms with van der Waals surface area (Å²) >= 11 is 0. The van der Waals surface area contributed by atoms with E-state index in [9.17, 15) is 9.59 Å². The molecule has 1 aliphatic rings. The number of hydrogen-bond donors (Lipinski definition) is 2. The fourth-order valence-corrected chi connectivity index (χ4v) is 3.47. The molecule has 1 amide bonds. The lowest BCUT2D eigenvalue weighted by Gasteiger charge is -2.34. The maximum absolute atomic E-state index is 12.4. The van der Waals surface area contributed by atoms with E-state index in [-0.39, 0.29) is 22.8 Å². The fraction of sp³-hybridized carbons (Fsp3) is 0.579. The molecule has 0 aromatic heterocycles. The highest BCUT2D eigenvalue weighted by Crippen LogP contribution is 2.38. The van der Waals surface area contributed by atoms with Crippen molar-refractivity contribution in [2.24, 2.45) is 11.3 Å². The molecule has 1 atom stereocenters. The molecule has 24 heavy (non-hydrogen) atoms. The van der Waals surface area contributed by atoms with Crippen LogP contribution < -0.4 is 10.1 Å². The number of ether oxygens (including phenoxy) is 1. The molecule has 1 aromatic carbocycles. The van der Waals surface area contributed by atoms with Crippen LogP contribution in [0, 0.1) is 11.3 Å². The van der Waals surface area contributed by atoms with Crippen molar-refractivity contribution in [3.8, 4) is 5.75 Å². The Balaban J connectivity index is 1.89. The van der Waals surface area contributed by atoms with Crippen LogP contribution in [0.5, 0.6) is 5.75 Å². The number of carboxylic acids is 1. The molecule has 0 heterocycles. The van der Waals surface area contributed by atoms with Gasteiger partial charge in [0.15, 0.2) is 0 Å². The monoisotopic (exact) mass is 333 g/mol. The number of rotatable bonds is 6. The summed E-state index contributed by atoms with van der Waals surface area (Å²) in [5, 5.41) is 12.0. The van der Waals surface area contributed by atoms with Gasteiger partial charge in [0.25, 0.3) is 0 Å². The summed E-state index contributed by atoms with van der Waals surface area (Å²) in [6.45, 7) is 4.97. The van der Waals surface area contributed by atoms with Crippen molar-refractivity contribution >= 4 is 11.9 Å². The smallest absolute Gasteiger partial charge is 0.335 e. The first-order valence-corrected chi connectivity index (χ1v) is 8.50. The molecule has 0 spiro atoms. The van der Waals surface area contributed by atoms with E-state index in [1.165, 1.54) is 19.6 Å². The van der Waals surface area contributed by atoms with Gasteiger partial charge < -0.3 is 15.2 Å². The van der Waals surface area contributed by atoms with Crippen molar-refractivity contribution in [1.29, 1.82) is 0 Å². The standard InChI is InChI=1S/C19H27NO4/c1-19(2)9-4-5-15(12-19)17(21)20-10-8-13-6-7-14(18(22)23)11-16(13)24-3/h6-7,11,15H,4-5,8-10,12H2,1-3H3,(H,20,21)(H,22,23). The van der Waals surface area contributed by atoms with Gasteiger partial charge in [-0.2, -0.15) is 0 Å². The van der Waals surface area contributed by atoms with Gasteiger partial charge in [0, 0.05) is 12.5 Å². The highest BCUT2D eigenvalue weighted by Gasteiger charge is 2.31. The second-order valence-corrected chi connectivity index (χ2v) is 7.33. The number of methoxy groups -OCH3 is 1. The van der Waals surface area contributed by atoms with Gasteiger partial charge in [0.05, 0.1) is 12.7 Å². The van der Waals surface area contributed by atoms with Gasteiger partial charge in [0.2, 0.25) is 5.91 Å². The first-order chi connectivity index (χ1) is 11.3. The SMILES string of the molecule is COc1cc(C(=O)O)ccc1CCNC(=O)C1CCCC(C)(C)C1. The van der Waals surface area contributed by atoms with Gasteiger partial charge in [-0.25, -0.2) is 4.79 Å². The summed E-state index contributed by atoms with van der Waals surface area (Å²) in [6, 6.07) is 4.83. The molecule has 1 unspecified atom stereocenters. The maximum Gasteiger partial charge on any atom is 0.335 e. The Morgan fingerprint density at radius 2 is 2.12 bits per heavy atom. The van der Waals surface area contributed by atoms with Gasteiger partial charge >= 0.3 is 5.97 Å². The lowest BCUT2D eigenvalue weighted by Crippen LogP contribution is -2.36. The molecule has 0 radical (unpaired) electrons. The Morgan fingerprint density at radius 3 is 2.75 bits per heavy atom. The summed E-state index contributed by atoms with van der Waals surface area (Å²) in [4.78, 5) is 23.4. The number of hydrogen-bond acceptors (Lipinski definition) is 3. The molecular weight excluding hydrogens is 306 g/mol. The van der Waals surface area contributed by atoms with E-state index in [2.05, 4.69) is 19.2 Å². The highest BCUT2D eigenvalue weighted by molar-refractivity contribution is 5.88. The van der Waals surface area contributed by atoms with E-state index in [0.717, 1.165) is 24.8 Å². The summed E-state index contributed by atoms with van der Waals surface area (Å²) in [6.07, 6.45) is 4.81. The molecule has 1 saturated carbocycles. The minimum atomic E-state index is -0.979. The van der Waals surface area contributed by atoms with E-state index >= 15 is 0 Å². The zero-order valence-corrected chi connectivity index (χ0v) is 14.7. The number of carbonyl (C=O) groups excluding carboxylic acids is 1. The quantitative estimate of drug-likeness (QED) is 0.838. The summed E-state index contributed by atoms with van der Waals surface area (Å²) < 4.78 is 5.26. The first-order valence-electron chi connectivity index (χ1n) is 8.50. The van der Waals surface area contributed by atoms with Crippen molar-refractivity contribution in [3.63, 3.8) is 0 Å². The van der Waals surface area contributed by atoms with Gasteiger partial charge in [-0.15, -0.1) is 0 Å². The second kappa shape index (κ2) is 7.69. The van der Waals surface area contributed by atoms with Gasteiger partial charge in [0.1, 0.15) is 5.75 Å². The highest BCUT2D eigenvalue weighted by atomic mass is 16.5. The minimum absolute atomic E-state index is 0.102. The Morgan fingerprint density at radius 1 is 1.38 bits per heavy atom. The molecule has 1 aromatic rings. The maximum atomic E-state index is 12.4. The van der Waals surface area contributed by atoms with Crippen molar-refractivity contribution in [2.75, 3.05) is 13.7 Å². The average Bonchev–Trinajstić information content (AvgIpc) is 2.53. The zero-order valence-electron chi connectivity index (χ0n) is 14.7. The predicted molar refractivity (Wildman–Crippen MR) is 92.4 cm³/mol. The number of carboxylic acid groups (broad SMARTS) is 1. The van der Waals surface area contributed by atoms with Crippen LogP contribution in [-0.4, -0.2) is 30.6 Å². The summed E-state index contributed by atoms with van der Waals surface area (Å²) in [5.41, 5.74) is 1.34. The molecule has 0 saturated heterocycles. The number of benzene rings is 1. The Bertz CT molecular complexity index is 609. The van der Waals surface area contributed by atoms with Crippen LogP contribution in [0.25, 0.3) is 0 Å². The van der Waals surface area contributed by atoms with E-state index < -0.39 is 5.97 Å². The van der Waals surface area contributed by atoms with Crippen molar-refractivity contribution in [2.45, 2.75) is 46.0 Å². The zero-order chi connectivity index (χ0) is 17.7. The minimum Gasteiger partial charge on any atom is -0.496 e. The molecule has 1 aliphatic carbocycles. The average molecular weight is 333 g/mol. The molecule has 5 heteroatoms. The number of carbonyl (C=O) groups is 2. The van der Waals surface area contributed by atoms with Gasteiger partial charge in [-0.1, -0.05) is 26.3 Å². The predicted octanol–water partition coefficient (Wildman–Crippen LogP) is 3.27. The molecule has 0 bridgehead atoms.